The molecule has 1 N–H and O–H groups in total. The van der Waals surface area contributed by atoms with Crippen molar-refractivity contribution in [2.24, 2.45) is 5.16 Å². The number of amides is 1. The van der Waals surface area contributed by atoms with Crippen LogP contribution in [0.4, 0.5) is 0 Å². The molecule has 2 rings (SSSR count). The highest BCUT2D eigenvalue weighted by atomic mass is 35.5. The minimum Gasteiger partial charge on any atom is -0.497 e. The van der Waals surface area contributed by atoms with Crippen LogP contribution in [0.2, 0.25) is 5.02 Å². The van der Waals surface area contributed by atoms with Crippen LogP contribution in [-0.2, 0) is 16.2 Å². The molecule has 0 saturated heterocycles. The van der Waals surface area contributed by atoms with Crippen molar-refractivity contribution >= 4 is 23.7 Å². The van der Waals surface area contributed by atoms with Crippen LogP contribution >= 0.6 is 11.6 Å². The molecule has 0 unspecified atom stereocenters. The average Bonchev–Trinajstić information content (AvgIpc) is 2.59. The van der Waals surface area contributed by atoms with Crippen molar-refractivity contribution < 1.29 is 14.4 Å². The zero-order chi connectivity index (χ0) is 16.5. The van der Waals surface area contributed by atoms with Crippen LogP contribution in [-0.4, -0.2) is 25.8 Å². The molecule has 0 aliphatic heterocycles. The van der Waals surface area contributed by atoms with Gasteiger partial charge in [0.15, 0.2) is 6.61 Å². The zero-order valence-corrected chi connectivity index (χ0v) is 13.4. The summed E-state index contributed by atoms with van der Waals surface area (Å²) in [6, 6.07) is 14.6. The Hall–Kier alpha value is -2.53. The van der Waals surface area contributed by atoms with Crippen molar-refractivity contribution in [2.45, 2.75) is 6.54 Å². The number of methoxy groups -OCH3 is 1. The van der Waals surface area contributed by atoms with Gasteiger partial charge in [-0.2, -0.15) is 0 Å². The van der Waals surface area contributed by atoms with Crippen molar-refractivity contribution in [3.05, 3.63) is 64.7 Å². The maximum Gasteiger partial charge on any atom is 0.261 e. The number of hydrogen-bond acceptors (Lipinski definition) is 4. The Balaban J connectivity index is 1.69. The number of nitrogens with zero attached hydrogens (tertiary/aromatic N) is 1. The number of hydrogen-bond donors (Lipinski definition) is 1. The van der Waals surface area contributed by atoms with E-state index in [4.69, 9.17) is 21.2 Å². The first-order valence-corrected chi connectivity index (χ1v) is 7.35. The summed E-state index contributed by atoms with van der Waals surface area (Å²) in [6.07, 6.45) is 1.52. The first kappa shape index (κ1) is 16.8. The number of carbonyl (C=O) groups excluding carboxylic acids is 1. The fraction of sp³-hybridized carbons (Fsp3) is 0.176. The van der Waals surface area contributed by atoms with Gasteiger partial charge in [0.25, 0.3) is 5.91 Å². The van der Waals surface area contributed by atoms with Gasteiger partial charge in [0.2, 0.25) is 0 Å². The predicted octanol–water partition coefficient (Wildman–Crippen LogP) is 3.02. The number of nitrogens with one attached hydrogen (secondary N) is 1. The molecule has 0 aromatic heterocycles. The summed E-state index contributed by atoms with van der Waals surface area (Å²) in [4.78, 5) is 16.6. The third kappa shape index (κ3) is 6.00. The quantitative estimate of drug-likeness (QED) is 0.626. The third-order valence-electron chi connectivity index (χ3n) is 2.99. The van der Waals surface area contributed by atoms with Crippen LogP contribution in [0.1, 0.15) is 11.1 Å². The smallest absolute Gasteiger partial charge is 0.261 e. The molecule has 0 aliphatic carbocycles. The Kier molecular flexibility index (Phi) is 6.44. The standard InChI is InChI=1S/C17H17ClN2O3/c1-22-16-8-4-13(5-9-16)10-19-17(21)12-23-20-11-14-2-6-15(18)7-3-14/h2-9,11H,10,12H2,1H3,(H,19,21)/b20-11-. The zero-order valence-electron chi connectivity index (χ0n) is 12.7. The van der Waals surface area contributed by atoms with Crippen LogP contribution in [0, 0.1) is 0 Å². The van der Waals surface area contributed by atoms with Crippen molar-refractivity contribution in [2.75, 3.05) is 13.7 Å². The SMILES string of the molecule is COc1ccc(CNC(=O)CO/N=C\c2ccc(Cl)cc2)cc1. The molecule has 1 amide bonds. The van der Waals surface area contributed by atoms with Crippen LogP contribution in [0.3, 0.4) is 0 Å². The highest BCUT2D eigenvalue weighted by Crippen LogP contribution is 2.11. The molecule has 0 atom stereocenters. The normalized spacial score (nSPS) is 10.5. The summed E-state index contributed by atoms with van der Waals surface area (Å²) in [5.41, 5.74) is 1.82. The van der Waals surface area contributed by atoms with Crippen LogP contribution < -0.4 is 10.1 Å². The Morgan fingerprint density at radius 2 is 1.87 bits per heavy atom. The van der Waals surface area contributed by atoms with Gasteiger partial charge in [0.1, 0.15) is 5.75 Å². The van der Waals surface area contributed by atoms with Gasteiger partial charge in [-0.15, -0.1) is 0 Å². The molecule has 2 aromatic rings. The molecular formula is C17H17ClN2O3. The van der Waals surface area contributed by atoms with Crippen molar-refractivity contribution in [1.82, 2.24) is 5.32 Å². The van der Waals surface area contributed by atoms with Gasteiger partial charge in [-0.25, -0.2) is 0 Å². The van der Waals surface area contributed by atoms with Gasteiger partial charge >= 0.3 is 0 Å². The first-order chi connectivity index (χ1) is 11.2. The molecule has 2 aromatic carbocycles. The number of rotatable bonds is 7. The topological polar surface area (TPSA) is 59.9 Å². The Labute approximate surface area is 139 Å². The molecule has 5 nitrogen and oxygen atoms in total. The van der Waals surface area contributed by atoms with E-state index in [1.165, 1.54) is 6.21 Å². The predicted molar refractivity (Wildman–Crippen MR) is 89.8 cm³/mol. The van der Waals surface area contributed by atoms with Gasteiger partial charge < -0.3 is 14.9 Å². The molecular weight excluding hydrogens is 316 g/mol. The van der Waals surface area contributed by atoms with Gasteiger partial charge in [-0.05, 0) is 35.4 Å². The van der Waals surface area contributed by atoms with Gasteiger partial charge in [-0.3, -0.25) is 4.79 Å². The number of carbonyl (C=O) groups is 1. The van der Waals surface area contributed by atoms with E-state index in [1.807, 2.05) is 24.3 Å². The van der Waals surface area contributed by atoms with E-state index in [-0.39, 0.29) is 12.5 Å². The van der Waals surface area contributed by atoms with Gasteiger partial charge in [-0.1, -0.05) is 41.0 Å². The summed E-state index contributed by atoms with van der Waals surface area (Å²) < 4.78 is 5.07. The van der Waals surface area contributed by atoms with E-state index in [1.54, 1.807) is 31.4 Å². The third-order valence-corrected chi connectivity index (χ3v) is 3.24. The molecule has 23 heavy (non-hydrogen) atoms. The Morgan fingerprint density at radius 3 is 2.52 bits per heavy atom. The lowest BCUT2D eigenvalue weighted by Crippen LogP contribution is -2.26. The second-order valence-electron chi connectivity index (χ2n) is 4.68. The first-order valence-electron chi connectivity index (χ1n) is 6.98. The highest BCUT2D eigenvalue weighted by molar-refractivity contribution is 6.30. The van der Waals surface area contributed by atoms with Crippen molar-refractivity contribution in [3.8, 4) is 5.75 Å². The molecule has 0 aliphatic rings. The largest absolute Gasteiger partial charge is 0.497 e. The highest BCUT2D eigenvalue weighted by Gasteiger charge is 2.01. The minimum atomic E-state index is -0.242. The van der Waals surface area contributed by atoms with E-state index >= 15 is 0 Å². The van der Waals surface area contributed by atoms with Crippen LogP contribution in [0.5, 0.6) is 5.75 Å². The van der Waals surface area contributed by atoms with Crippen LogP contribution in [0.25, 0.3) is 0 Å². The lowest BCUT2D eigenvalue weighted by molar-refractivity contribution is -0.125. The minimum absolute atomic E-state index is 0.139. The van der Waals surface area contributed by atoms with E-state index in [9.17, 15) is 4.79 Å². The number of ether oxygens (including phenoxy) is 1. The van der Waals surface area contributed by atoms with E-state index < -0.39 is 0 Å². The Bertz CT molecular complexity index is 655. The molecule has 120 valence electrons. The summed E-state index contributed by atoms with van der Waals surface area (Å²) in [5, 5.41) is 7.14. The summed E-state index contributed by atoms with van der Waals surface area (Å²) in [5.74, 6) is 0.536. The Morgan fingerprint density at radius 1 is 1.17 bits per heavy atom. The molecule has 0 saturated carbocycles. The maximum atomic E-state index is 11.6. The second kappa shape index (κ2) is 8.80. The summed E-state index contributed by atoms with van der Waals surface area (Å²) in [6.45, 7) is 0.285. The van der Waals surface area contributed by atoms with E-state index in [0.717, 1.165) is 16.9 Å². The average molecular weight is 333 g/mol. The molecule has 0 fully saturated rings. The fourth-order valence-electron chi connectivity index (χ4n) is 1.74. The van der Waals surface area contributed by atoms with Gasteiger partial charge in [0, 0.05) is 11.6 Å². The molecule has 6 heteroatoms. The number of halogens is 1. The van der Waals surface area contributed by atoms with E-state index in [0.29, 0.717) is 11.6 Å². The monoisotopic (exact) mass is 332 g/mol. The van der Waals surface area contributed by atoms with Crippen LogP contribution in [0.15, 0.2) is 53.7 Å². The van der Waals surface area contributed by atoms with Crippen molar-refractivity contribution in [3.63, 3.8) is 0 Å². The molecule has 0 spiro atoms. The van der Waals surface area contributed by atoms with Gasteiger partial charge in [0.05, 0.1) is 13.3 Å². The number of oxime groups is 1. The maximum absolute atomic E-state index is 11.6. The second-order valence-corrected chi connectivity index (χ2v) is 5.12. The van der Waals surface area contributed by atoms with Crippen molar-refractivity contribution in [1.29, 1.82) is 0 Å². The fourth-order valence-corrected chi connectivity index (χ4v) is 1.86. The number of benzene rings is 2. The summed E-state index contributed by atoms with van der Waals surface area (Å²) >= 11 is 5.78. The van der Waals surface area contributed by atoms with E-state index in [2.05, 4.69) is 10.5 Å². The summed E-state index contributed by atoms with van der Waals surface area (Å²) in [7, 11) is 1.61. The molecule has 0 heterocycles. The lowest BCUT2D eigenvalue weighted by atomic mass is 10.2. The molecule has 0 bridgehead atoms. The lowest BCUT2D eigenvalue weighted by Gasteiger charge is -2.05. The molecule has 0 radical (unpaired) electrons.